The highest BCUT2D eigenvalue weighted by molar-refractivity contribution is 5.22. The molecule has 0 atom stereocenters. The van der Waals surface area contributed by atoms with Crippen LogP contribution >= 0.6 is 0 Å². The number of hydrogen-bond acceptors (Lipinski definition) is 2. The number of benzene rings is 1. The van der Waals surface area contributed by atoms with Gasteiger partial charge in [0.2, 0.25) is 0 Å². The first-order chi connectivity index (χ1) is 8.78. The fraction of sp³-hybridized carbons (Fsp3) is 0.625. The Morgan fingerprint density at radius 2 is 1.50 bits per heavy atom. The normalized spacial score (nSPS) is 24.1. The molecule has 100 valence electrons. The first-order valence-corrected chi connectivity index (χ1v) is 7.23. The summed E-state index contributed by atoms with van der Waals surface area (Å²) in [6.07, 6.45) is 5.47. The van der Waals surface area contributed by atoms with Gasteiger partial charge in [-0.05, 0) is 49.8 Å². The minimum atomic E-state index is 0.734. The van der Waals surface area contributed by atoms with Crippen LogP contribution in [0.5, 0.6) is 0 Å². The Hall–Kier alpha value is -0.860. The molecule has 1 aromatic carbocycles. The largest absolute Gasteiger partial charge is 0.316 e. The monoisotopic (exact) mass is 246 g/mol. The zero-order chi connectivity index (χ0) is 12.8. The standard InChI is InChI=1S/C16H26N2/c1-13-3-9-16(10-4-13)18-12-15-7-5-14(6-8-15)11-17-2/h5-8,13,16-18H,3-4,9-12H2,1-2H3. The zero-order valence-electron chi connectivity index (χ0n) is 11.7. The average Bonchev–Trinajstić information content (AvgIpc) is 2.40. The van der Waals surface area contributed by atoms with Gasteiger partial charge >= 0.3 is 0 Å². The predicted octanol–water partition coefficient (Wildman–Crippen LogP) is 3.07. The van der Waals surface area contributed by atoms with Crippen LogP contribution in [0.4, 0.5) is 0 Å². The van der Waals surface area contributed by atoms with E-state index >= 15 is 0 Å². The van der Waals surface area contributed by atoms with Gasteiger partial charge in [-0.15, -0.1) is 0 Å². The minimum absolute atomic E-state index is 0.734. The highest BCUT2D eigenvalue weighted by atomic mass is 14.9. The molecule has 0 heterocycles. The van der Waals surface area contributed by atoms with Gasteiger partial charge in [0.1, 0.15) is 0 Å². The van der Waals surface area contributed by atoms with Gasteiger partial charge in [-0.25, -0.2) is 0 Å². The molecule has 2 nitrogen and oxygen atoms in total. The van der Waals surface area contributed by atoms with Crippen LogP contribution < -0.4 is 10.6 Å². The lowest BCUT2D eigenvalue weighted by Crippen LogP contribution is -2.32. The lowest BCUT2D eigenvalue weighted by Gasteiger charge is -2.27. The summed E-state index contributed by atoms with van der Waals surface area (Å²) in [5, 5.41) is 6.87. The van der Waals surface area contributed by atoms with Crippen molar-refractivity contribution in [1.29, 1.82) is 0 Å². The molecule has 1 aromatic rings. The lowest BCUT2D eigenvalue weighted by molar-refractivity contribution is 0.306. The Bertz CT molecular complexity index is 337. The summed E-state index contributed by atoms with van der Waals surface area (Å²) >= 11 is 0. The van der Waals surface area contributed by atoms with E-state index in [1.54, 1.807) is 0 Å². The molecule has 1 aliphatic carbocycles. The third kappa shape index (κ3) is 4.11. The van der Waals surface area contributed by atoms with E-state index in [1.165, 1.54) is 36.8 Å². The molecule has 0 bridgehead atoms. The van der Waals surface area contributed by atoms with E-state index < -0.39 is 0 Å². The van der Waals surface area contributed by atoms with Crippen LogP contribution in [0.1, 0.15) is 43.7 Å². The Labute approximate surface area is 111 Å². The molecule has 0 spiro atoms. The zero-order valence-corrected chi connectivity index (χ0v) is 11.7. The maximum absolute atomic E-state index is 3.69. The Morgan fingerprint density at radius 3 is 2.06 bits per heavy atom. The fourth-order valence-corrected chi connectivity index (χ4v) is 2.71. The van der Waals surface area contributed by atoms with Gasteiger partial charge in [0, 0.05) is 19.1 Å². The number of nitrogens with one attached hydrogen (secondary N) is 2. The molecule has 0 amide bonds. The van der Waals surface area contributed by atoms with Gasteiger partial charge in [0.15, 0.2) is 0 Å². The van der Waals surface area contributed by atoms with Crippen LogP contribution in [0.25, 0.3) is 0 Å². The number of hydrogen-bond donors (Lipinski definition) is 2. The summed E-state index contributed by atoms with van der Waals surface area (Å²) in [5.41, 5.74) is 2.75. The van der Waals surface area contributed by atoms with Crippen LogP contribution in [0.2, 0.25) is 0 Å². The van der Waals surface area contributed by atoms with Crippen molar-refractivity contribution >= 4 is 0 Å². The Kier molecular flexibility index (Phi) is 5.21. The lowest BCUT2D eigenvalue weighted by atomic mass is 9.87. The molecule has 18 heavy (non-hydrogen) atoms. The first-order valence-electron chi connectivity index (χ1n) is 7.23. The number of rotatable bonds is 5. The second-order valence-corrected chi connectivity index (χ2v) is 5.68. The third-order valence-corrected chi connectivity index (χ3v) is 4.01. The highest BCUT2D eigenvalue weighted by Gasteiger charge is 2.17. The van der Waals surface area contributed by atoms with Crippen LogP contribution in [0.3, 0.4) is 0 Å². The van der Waals surface area contributed by atoms with Crippen molar-refractivity contribution in [2.24, 2.45) is 5.92 Å². The summed E-state index contributed by atoms with van der Waals surface area (Å²) in [5.74, 6) is 0.934. The fourth-order valence-electron chi connectivity index (χ4n) is 2.71. The van der Waals surface area contributed by atoms with Gasteiger partial charge in [-0.2, -0.15) is 0 Å². The molecule has 1 fully saturated rings. The van der Waals surface area contributed by atoms with Crippen molar-refractivity contribution in [3.05, 3.63) is 35.4 Å². The van der Waals surface area contributed by atoms with Gasteiger partial charge in [0.25, 0.3) is 0 Å². The van der Waals surface area contributed by atoms with Crippen molar-refractivity contribution in [2.45, 2.75) is 51.7 Å². The molecule has 1 aliphatic rings. The van der Waals surface area contributed by atoms with Gasteiger partial charge in [-0.3, -0.25) is 0 Å². The average molecular weight is 246 g/mol. The van der Waals surface area contributed by atoms with Crippen LogP contribution in [0.15, 0.2) is 24.3 Å². The second kappa shape index (κ2) is 6.91. The van der Waals surface area contributed by atoms with Crippen LogP contribution in [-0.2, 0) is 13.1 Å². The van der Waals surface area contributed by atoms with Crippen LogP contribution in [-0.4, -0.2) is 13.1 Å². The molecular formula is C16H26N2. The molecule has 0 aliphatic heterocycles. The smallest absolute Gasteiger partial charge is 0.0208 e. The van der Waals surface area contributed by atoms with Gasteiger partial charge in [-0.1, -0.05) is 31.2 Å². The maximum atomic E-state index is 3.69. The van der Waals surface area contributed by atoms with Crippen molar-refractivity contribution in [1.82, 2.24) is 10.6 Å². The summed E-state index contributed by atoms with van der Waals surface area (Å²) in [6, 6.07) is 9.65. The molecule has 0 radical (unpaired) electrons. The molecular weight excluding hydrogens is 220 g/mol. The Morgan fingerprint density at radius 1 is 0.944 bits per heavy atom. The van der Waals surface area contributed by atoms with E-state index in [4.69, 9.17) is 0 Å². The second-order valence-electron chi connectivity index (χ2n) is 5.68. The van der Waals surface area contributed by atoms with Gasteiger partial charge in [0.05, 0.1) is 0 Å². The van der Waals surface area contributed by atoms with Crippen molar-refractivity contribution in [3.8, 4) is 0 Å². The van der Waals surface area contributed by atoms with E-state index in [2.05, 4.69) is 41.8 Å². The Balaban J connectivity index is 1.76. The van der Waals surface area contributed by atoms with Crippen molar-refractivity contribution in [2.75, 3.05) is 7.05 Å². The topological polar surface area (TPSA) is 24.1 Å². The molecule has 0 unspecified atom stereocenters. The summed E-state index contributed by atoms with van der Waals surface area (Å²) < 4.78 is 0. The van der Waals surface area contributed by atoms with Crippen molar-refractivity contribution < 1.29 is 0 Å². The molecule has 2 heteroatoms. The molecule has 0 aromatic heterocycles. The van der Waals surface area contributed by atoms with E-state index in [0.29, 0.717) is 0 Å². The SMILES string of the molecule is CNCc1ccc(CNC2CCC(C)CC2)cc1. The quantitative estimate of drug-likeness (QED) is 0.834. The van der Waals surface area contributed by atoms with Crippen LogP contribution in [0, 0.1) is 5.92 Å². The molecule has 1 saturated carbocycles. The predicted molar refractivity (Wildman–Crippen MR) is 77.5 cm³/mol. The summed E-state index contributed by atoms with van der Waals surface area (Å²) in [7, 11) is 1.99. The molecule has 0 saturated heterocycles. The highest BCUT2D eigenvalue weighted by Crippen LogP contribution is 2.23. The minimum Gasteiger partial charge on any atom is -0.316 e. The maximum Gasteiger partial charge on any atom is 0.0208 e. The van der Waals surface area contributed by atoms with E-state index in [-0.39, 0.29) is 0 Å². The molecule has 2 N–H and O–H groups in total. The summed E-state index contributed by atoms with van der Waals surface area (Å²) in [6.45, 7) is 4.34. The van der Waals surface area contributed by atoms with E-state index in [1.807, 2.05) is 7.05 Å². The van der Waals surface area contributed by atoms with Gasteiger partial charge < -0.3 is 10.6 Å². The first kappa shape index (κ1) is 13.6. The van der Waals surface area contributed by atoms with E-state index in [9.17, 15) is 0 Å². The molecule has 2 rings (SSSR count). The third-order valence-electron chi connectivity index (χ3n) is 4.01. The van der Waals surface area contributed by atoms with E-state index in [0.717, 1.165) is 25.0 Å². The van der Waals surface area contributed by atoms with Crippen molar-refractivity contribution in [3.63, 3.8) is 0 Å². The summed E-state index contributed by atoms with van der Waals surface area (Å²) in [4.78, 5) is 0.